The van der Waals surface area contributed by atoms with Crippen molar-refractivity contribution in [3.8, 4) is 17.6 Å². The maximum absolute atomic E-state index is 13.8. The van der Waals surface area contributed by atoms with Gasteiger partial charge in [0.15, 0.2) is 11.6 Å². The van der Waals surface area contributed by atoms with Gasteiger partial charge in [0.05, 0.1) is 6.54 Å². The monoisotopic (exact) mass is 291 g/mol. The lowest BCUT2D eigenvalue weighted by atomic mass is 10.1. The lowest BCUT2D eigenvalue weighted by molar-refractivity contribution is 0.283. The molecule has 2 aromatic carbocycles. The summed E-state index contributed by atoms with van der Waals surface area (Å²) in [4.78, 5) is 0. The Hall–Kier alpha value is -2.45. The second kappa shape index (κ2) is 6.82. The van der Waals surface area contributed by atoms with E-state index in [0.717, 1.165) is 18.2 Å². The van der Waals surface area contributed by atoms with E-state index in [1.54, 1.807) is 6.07 Å². The normalized spacial score (nSPS) is 9.90. The Morgan fingerprint density at radius 2 is 1.81 bits per heavy atom. The number of ether oxygens (including phenoxy) is 1. The van der Waals surface area contributed by atoms with Crippen LogP contribution in [-0.2, 0) is 6.61 Å². The Labute approximate surface area is 120 Å². The van der Waals surface area contributed by atoms with Gasteiger partial charge in [0.1, 0.15) is 18.2 Å². The number of hydrogen-bond acceptors (Lipinski definition) is 2. The molecule has 0 aromatic heterocycles. The molecule has 0 saturated carbocycles. The second-order valence-electron chi connectivity index (χ2n) is 4.18. The molecule has 2 nitrogen and oxygen atoms in total. The van der Waals surface area contributed by atoms with Crippen LogP contribution in [0.1, 0.15) is 11.1 Å². The zero-order chi connectivity index (χ0) is 15.2. The molecule has 2 rings (SSSR count). The average Bonchev–Trinajstić information content (AvgIpc) is 2.47. The molecule has 0 unspecified atom stereocenters. The molecule has 0 radical (unpaired) electrons. The van der Waals surface area contributed by atoms with Crippen LogP contribution in [0.3, 0.4) is 0 Å². The molecular formula is C16H12F3NO. The first kappa shape index (κ1) is 14.9. The fourth-order valence-corrected chi connectivity index (χ4v) is 1.64. The van der Waals surface area contributed by atoms with Crippen LogP contribution < -0.4 is 10.5 Å². The SMILES string of the molecule is NCC#Cc1ccc(COc2cc(F)ccc2F)c(F)c1. The van der Waals surface area contributed by atoms with Gasteiger partial charge in [-0.2, -0.15) is 0 Å². The Morgan fingerprint density at radius 1 is 1.00 bits per heavy atom. The summed E-state index contributed by atoms with van der Waals surface area (Å²) in [6, 6.07) is 7.16. The van der Waals surface area contributed by atoms with Crippen molar-refractivity contribution >= 4 is 0 Å². The fraction of sp³-hybridized carbons (Fsp3) is 0.125. The average molecular weight is 291 g/mol. The third kappa shape index (κ3) is 4.01. The molecule has 0 spiro atoms. The molecule has 0 amide bonds. The van der Waals surface area contributed by atoms with E-state index in [1.807, 2.05) is 0 Å². The van der Waals surface area contributed by atoms with Crippen molar-refractivity contribution in [2.24, 2.45) is 5.73 Å². The van der Waals surface area contributed by atoms with Crippen molar-refractivity contribution in [2.75, 3.05) is 6.54 Å². The van der Waals surface area contributed by atoms with Gasteiger partial charge < -0.3 is 10.5 Å². The number of nitrogens with two attached hydrogens (primary N) is 1. The molecule has 0 aliphatic rings. The van der Waals surface area contributed by atoms with Gasteiger partial charge in [-0.1, -0.05) is 17.9 Å². The first-order valence-corrected chi connectivity index (χ1v) is 6.15. The van der Waals surface area contributed by atoms with Crippen LogP contribution in [0.5, 0.6) is 5.75 Å². The summed E-state index contributed by atoms with van der Waals surface area (Å²) >= 11 is 0. The number of benzene rings is 2. The van der Waals surface area contributed by atoms with Gasteiger partial charge in [0, 0.05) is 17.2 Å². The summed E-state index contributed by atoms with van der Waals surface area (Å²) in [5.41, 5.74) is 5.93. The Bertz CT molecular complexity index is 704. The van der Waals surface area contributed by atoms with E-state index < -0.39 is 17.5 Å². The van der Waals surface area contributed by atoms with Crippen molar-refractivity contribution in [3.63, 3.8) is 0 Å². The van der Waals surface area contributed by atoms with Crippen LogP contribution >= 0.6 is 0 Å². The van der Waals surface area contributed by atoms with Gasteiger partial charge in [-0.05, 0) is 24.3 Å². The van der Waals surface area contributed by atoms with Gasteiger partial charge in [0.25, 0.3) is 0 Å². The van der Waals surface area contributed by atoms with Crippen LogP contribution in [0, 0.1) is 29.3 Å². The lowest BCUT2D eigenvalue weighted by Gasteiger charge is -2.08. The fourth-order valence-electron chi connectivity index (χ4n) is 1.64. The topological polar surface area (TPSA) is 35.2 Å². The zero-order valence-corrected chi connectivity index (χ0v) is 11.0. The molecule has 0 heterocycles. The van der Waals surface area contributed by atoms with Crippen molar-refractivity contribution in [3.05, 3.63) is 65.0 Å². The lowest BCUT2D eigenvalue weighted by Crippen LogP contribution is -2.01. The molecule has 0 fully saturated rings. The van der Waals surface area contributed by atoms with E-state index in [9.17, 15) is 13.2 Å². The highest BCUT2D eigenvalue weighted by Crippen LogP contribution is 2.20. The van der Waals surface area contributed by atoms with Crippen LogP contribution in [0.2, 0.25) is 0 Å². The van der Waals surface area contributed by atoms with Crippen LogP contribution in [0.4, 0.5) is 13.2 Å². The molecule has 2 aromatic rings. The summed E-state index contributed by atoms with van der Waals surface area (Å²) in [7, 11) is 0. The summed E-state index contributed by atoms with van der Waals surface area (Å²) in [6.07, 6.45) is 0. The minimum absolute atomic E-state index is 0.186. The summed E-state index contributed by atoms with van der Waals surface area (Å²) in [5, 5.41) is 0. The predicted molar refractivity (Wildman–Crippen MR) is 73.0 cm³/mol. The Kier molecular flexibility index (Phi) is 4.85. The van der Waals surface area contributed by atoms with E-state index in [4.69, 9.17) is 10.5 Å². The highest BCUT2D eigenvalue weighted by molar-refractivity contribution is 5.37. The van der Waals surface area contributed by atoms with Gasteiger partial charge >= 0.3 is 0 Å². The highest BCUT2D eigenvalue weighted by atomic mass is 19.1. The van der Waals surface area contributed by atoms with Crippen LogP contribution in [0.25, 0.3) is 0 Å². The van der Waals surface area contributed by atoms with E-state index in [-0.39, 0.29) is 24.5 Å². The van der Waals surface area contributed by atoms with Crippen LogP contribution in [-0.4, -0.2) is 6.54 Å². The van der Waals surface area contributed by atoms with E-state index in [2.05, 4.69) is 11.8 Å². The predicted octanol–water partition coefficient (Wildman–Crippen LogP) is 2.99. The molecule has 21 heavy (non-hydrogen) atoms. The molecule has 0 atom stereocenters. The maximum atomic E-state index is 13.8. The summed E-state index contributed by atoms with van der Waals surface area (Å²) < 4.78 is 45.2. The first-order valence-electron chi connectivity index (χ1n) is 6.15. The molecule has 0 saturated heterocycles. The van der Waals surface area contributed by atoms with Gasteiger partial charge in [-0.25, -0.2) is 13.2 Å². The summed E-state index contributed by atoms with van der Waals surface area (Å²) in [5.74, 6) is 3.18. The Morgan fingerprint density at radius 3 is 2.52 bits per heavy atom. The smallest absolute Gasteiger partial charge is 0.165 e. The third-order valence-corrected chi connectivity index (χ3v) is 2.66. The van der Waals surface area contributed by atoms with Crippen molar-refractivity contribution in [1.29, 1.82) is 0 Å². The zero-order valence-electron chi connectivity index (χ0n) is 11.0. The second-order valence-corrected chi connectivity index (χ2v) is 4.18. The summed E-state index contributed by atoms with van der Waals surface area (Å²) in [6.45, 7) is -0.0257. The Balaban J connectivity index is 2.11. The number of hydrogen-bond donors (Lipinski definition) is 1. The van der Waals surface area contributed by atoms with Crippen molar-refractivity contribution < 1.29 is 17.9 Å². The largest absolute Gasteiger partial charge is 0.486 e. The minimum atomic E-state index is -0.706. The number of halogens is 3. The van der Waals surface area contributed by atoms with Crippen molar-refractivity contribution in [2.45, 2.75) is 6.61 Å². The minimum Gasteiger partial charge on any atom is -0.486 e. The molecule has 0 aliphatic heterocycles. The molecule has 0 aliphatic carbocycles. The standard InChI is InChI=1S/C16H12F3NO/c17-13-5-6-14(18)16(9-13)21-10-12-4-3-11(2-1-7-20)8-15(12)19/h3-6,8-9H,7,10,20H2. The van der Waals surface area contributed by atoms with Crippen LogP contribution in [0.15, 0.2) is 36.4 Å². The van der Waals surface area contributed by atoms with E-state index in [1.165, 1.54) is 12.1 Å². The molecular weight excluding hydrogens is 279 g/mol. The quantitative estimate of drug-likeness (QED) is 0.882. The van der Waals surface area contributed by atoms with E-state index >= 15 is 0 Å². The van der Waals surface area contributed by atoms with Gasteiger partial charge in [-0.15, -0.1) is 0 Å². The highest BCUT2D eigenvalue weighted by Gasteiger charge is 2.08. The molecule has 108 valence electrons. The van der Waals surface area contributed by atoms with Crippen molar-refractivity contribution in [1.82, 2.24) is 0 Å². The maximum Gasteiger partial charge on any atom is 0.165 e. The van der Waals surface area contributed by atoms with Gasteiger partial charge in [0.2, 0.25) is 0 Å². The molecule has 0 bridgehead atoms. The molecule has 2 N–H and O–H groups in total. The van der Waals surface area contributed by atoms with Gasteiger partial charge in [-0.3, -0.25) is 0 Å². The van der Waals surface area contributed by atoms with E-state index in [0.29, 0.717) is 5.56 Å². The molecule has 5 heteroatoms. The first-order chi connectivity index (χ1) is 10.1. The third-order valence-electron chi connectivity index (χ3n) is 2.66. The number of rotatable bonds is 3.